The lowest BCUT2D eigenvalue weighted by Crippen LogP contribution is -2.15. The summed E-state index contributed by atoms with van der Waals surface area (Å²) in [4.78, 5) is 0. The van der Waals surface area contributed by atoms with Crippen LogP contribution in [0.4, 0.5) is 4.39 Å². The second-order valence-electron chi connectivity index (χ2n) is 5.13. The van der Waals surface area contributed by atoms with Crippen LogP contribution in [0.2, 0.25) is 0 Å². The Bertz CT molecular complexity index is 571. The molecule has 0 saturated carbocycles. The van der Waals surface area contributed by atoms with Crippen LogP contribution in [-0.2, 0) is 6.42 Å². The molecule has 2 aromatic carbocycles. The molecular weight excluding hydrogens is 265 g/mol. The van der Waals surface area contributed by atoms with Gasteiger partial charge in [0, 0.05) is 0 Å². The van der Waals surface area contributed by atoms with Gasteiger partial charge in [0.1, 0.15) is 11.6 Å². The Hall–Kier alpha value is -1.87. The van der Waals surface area contributed by atoms with Crippen molar-refractivity contribution in [1.82, 2.24) is 0 Å². The number of hydrogen-bond acceptors (Lipinski definition) is 2. The third-order valence-corrected chi connectivity index (χ3v) is 3.65. The minimum Gasteiger partial charge on any atom is -0.494 e. The standard InChI is InChI=1S/C18H22FNO/c1-2-14-5-3-8-18(11-14)21-10-9-16(13-20)15-6-4-7-17(19)12-15/h3-8,11-12,16H,2,9-10,13,20H2,1H3. The third-order valence-electron chi connectivity index (χ3n) is 3.65. The quantitative estimate of drug-likeness (QED) is 0.838. The van der Waals surface area contributed by atoms with Gasteiger partial charge in [0.25, 0.3) is 0 Å². The van der Waals surface area contributed by atoms with Crippen molar-refractivity contribution in [3.8, 4) is 5.75 Å². The van der Waals surface area contributed by atoms with Crippen LogP contribution in [0.15, 0.2) is 48.5 Å². The molecule has 0 heterocycles. The van der Waals surface area contributed by atoms with Crippen molar-refractivity contribution in [3.05, 3.63) is 65.5 Å². The Balaban J connectivity index is 1.91. The van der Waals surface area contributed by atoms with Crippen molar-refractivity contribution >= 4 is 0 Å². The maximum absolute atomic E-state index is 13.3. The number of rotatable bonds is 7. The predicted octanol–water partition coefficient (Wildman–Crippen LogP) is 3.90. The van der Waals surface area contributed by atoms with Gasteiger partial charge >= 0.3 is 0 Å². The number of halogens is 1. The molecule has 0 aliphatic carbocycles. The van der Waals surface area contributed by atoms with Gasteiger partial charge in [0.05, 0.1) is 6.61 Å². The van der Waals surface area contributed by atoms with E-state index in [1.54, 1.807) is 12.1 Å². The zero-order valence-corrected chi connectivity index (χ0v) is 12.4. The highest BCUT2D eigenvalue weighted by Crippen LogP contribution is 2.20. The molecule has 0 saturated heterocycles. The van der Waals surface area contributed by atoms with Crippen molar-refractivity contribution in [2.45, 2.75) is 25.7 Å². The fraction of sp³-hybridized carbons (Fsp3) is 0.333. The zero-order valence-electron chi connectivity index (χ0n) is 12.4. The van der Waals surface area contributed by atoms with Crippen LogP contribution >= 0.6 is 0 Å². The molecule has 2 aromatic rings. The average molecular weight is 287 g/mol. The Morgan fingerprint density at radius 2 is 1.95 bits per heavy atom. The van der Waals surface area contributed by atoms with Crippen LogP contribution < -0.4 is 10.5 Å². The zero-order chi connectivity index (χ0) is 15.1. The summed E-state index contributed by atoms with van der Waals surface area (Å²) in [5.74, 6) is 0.780. The molecule has 0 radical (unpaired) electrons. The average Bonchev–Trinajstić information content (AvgIpc) is 2.52. The van der Waals surface area contributed by atoms with Gasteiger partial charge in [-0.05, 0) is 60.7 Å². The molecule has 0 amide bonds. The Kier molecular flexibility index (Phi) is 5.76. The normalized spacial score (nSPS) is 12.1. The molecule has 112 valence electrons. The number of benzene rings is 2. The van der Waals surface area contributed by atoms with Crippen molar-refractivity contribution in [2.75, 3.05) is 13.2 Å². The Morgan fingerprint density at radius 3 is 2.67 bits per heavy atom. The molecule has 2 N–H and O–H groups in total. The summed E-state index contributed by atoms with van der Waals surface area (Å²) < 4.78 is 19.0. The summed E-state index contributed by atoms with van der Waals surface area (Å²) in [7, 11) is 0. The Morgan fingerprint density at radius 1 is 1.14 bits per heavy atom. The van der Waals surface area contributed by atoms with Gasteiger partial charge in [-0.3, -0.25) is 0 Å². The summed E-state index contributed by atoms with van der Waals surface area (Å²) in [6, 6.07) is 14.7. The summed E-state index contributed by atoms with van der Waals surface area (Å²) in [5.41, 5.74) is 7.99. The van der Waals surface area contributed by atoms with Crippen LogP contribution in [0.1, 0.15) is 30.4 Å². The van der Waals surface area contributed by atoms with Crippen molar-refractivity contribution in [1.29, 1.82) is 0 Å². The molecule has 0 bridgehead atoms. The van der Waals surface area contributed by atoms with Gasteiger partial charge in [-0.15, -0.1) is 0 Å². The fourth-order valence-electron chi connectivity index (χ4n) is 2.36. The monoisotopic (exact) mass is 287 g/mol. The number of nitrogens with two attached hydrogens (primary N) is 1. The molecule has 0 aliphatic rings. The summed E-state index contributed by atoms with van der Waals surface area (Å²) in [6.07, 6.45) is 1.77. The topological polar surface area (TPSA) is 35.2 Å². The second kappa shape index (κ2) is 7.79. The van der Waals surface area contributed by atoms with Gasteiger partial charge in [-0.25, -0.2) is 4.39 Å². The van der Waals surface area contributed by atoms with Gasteiger partial charge in [-0.1, -0.05) is 31.2 Å². The first-order valence-corrected chi connectivity index (χ1v) is 7.40. The molecule has 1 atom stereocenters. The van der Waals surface area contributed by atoms with Crippen molar-refractivity contribution in [3.63, 3.8) is 0 Å². The highest BCUT2D eigenvalue weighted by Gasteiger charge is 2.10. The maximum Gasteiger partial charge on any atom is 0.123 e. The number of ether oxygens (including phenoxy) is 1. The second-order valence-corrected chi connectivity index (χ2v) is 5.13. The van der Waals surface area contributed by atoms with Crippen LogP contribution in [0, 0.1) is 5.82 Å². The van der Waals surface area contributed by atoms with E-state index in [2.05, 4.69) is 19.1 Å². The van der Waals surface area contributed by atoms with Gasteiger partial charge in [-0.2, -0.15) is 0 Å². The molecular formula is C18H22FNO. The minimum absolute atomic E-state index is 0.120. The Labute approximate surface area is 125 Å². The molecule has 1 unspecified atom stereocenters. The van der Waals surface area contributed by atoms with Crippen LogP contribution in [0.3, 0.4) is 0 Å². The summed E-state index contributed by atoms with van der Waals surface area (Å²) >= 11 is 0. The van der Waals surface area contributed by atoms with Crippen molar-refractivity contribution < 1.29 is 9.13 Å². The van der Waals surface area contributed by atoms with E-state index in [1.807, 2.05) is 18.2 Å². The van der Waals surface area contributed by atoms with E-state index in [1.165, 1.54) is 11.6 Å². The lowest BCUT2D eigenvalue weighted by molar-refractivity contribution is 0.298. The molecule has 0 fully saturated rings. The largest absolute Gasteiger partial charge is 0.494 e. The van der Waals surface area contributed by atoms with Gasteiger partial charge < -0.3 is 10.5 Å². The van der Waals surface area contributed by atoms with E-state index in [4.69, 9.17) is 10.5 Å². The minimum atomic E-state index is -0.220. The smallest absolute Gasteiger partial charge is 0.123 e. The lowest BCUT2D eigenvalue weighted by atomic mass is 9.96. The first-order chi connectivity index (χ1) is 10.2. The van der Waals surface area contributed by atoms with Gasteiger partial charge in [0.2, 0.25) is 0 Å². The maximum atomic E-state index is 13.3. The highest BCUT2D eigenvalue weighted by molar-refractivity contribution is 5.28. The lowest BCUT2D eigenvalue weighted by Gasteiger charge is -2.16. The fourth-order valence-corrected chi connectivity index (χ4v) is 2.36. The number of hydrogen-bond donors (Lipinski definition) is 1. The van der Waals surface area contributed by atoms with E-state index >= 15 is 0 Å². The van der Waals surface area contributed by atoms with Crippen LogP contribution in [0.25, 0.3) is 0 Å². The molecule has 0 aromatic heterocycles. The summed E-state index contributed by atoms with van der Waals surface area (Å²) in [5, 5.41) is 0. The molecule has 0 spiro atoms. The van der Waals surface area contributed by atoms with Crippen LogP contribution in [-0.4, -0.2) is 13.2 Å². The SMILES string of the molecule is CCc1cccc(OCCC(CN)c2cccc(F)c2)c1. The predicted molar refractivity (Wildman–Crippen MR) is 84.1 cm³/mol. The van der Waals surface area contributed by atoms with Crippen LogP contribution in [0.5, 0.6) is 5.75 Å². The molecule has 21 heavy (non-hydrogen) atoms. The molecule has 3 heteroatoms. The van der Waals surface area contributed by atoms with Gasteiger partial charge in [0.15, 0.2) is 0 Å². The third kappa shape index (κ3) is 4.57. The van der Waals surface area contributed by atoms with E-state index in [-0.39, 0.29) is 11.7 Å². The summed E-state index contributed by atoms with van der Waals surface area (Å²) in [6.45, 7) is 3.18. The number of aryl methyl sites for hydroxylation is 1. The van der Waals surface area contributed by atoms with E-state index in [0.717, 1.165) is 24.2 Å². The molecule has 0 aliphatic heterocycles. The highest BCUT2D eigenvalue weighted by atomic mass is 19.1. The molecule has 2 rings (SSSR count). The van der Waals surface area contributed by atoms with E-state index in [9.17, 15) is 4.39 Å². The molecule has 2 nitrogen and oxygen atoms in total. The van der Waals surface area contributed by atoms with E-state index < -0.39 is 0 Å². The van der Waals surface area contributed by atoms with E-state index in [0.29, 0.717) is 13.2 Å². The first-order valence-electron chi connectivity index (χ1n) is 7.40. The first kappa shape index (κ1) is 15.5. The van der Waals surface area contributed by atoms with Crippen molar-refractivity contribution in [2.24, 2.45) is 5.73 Å².